The molecule has 0 radical (unpaired) electrons. The highest BCUT2D eigenvalue weighted by atomic mass is 16.4. The van der Waals surface area contributed by atoms with Gasteiger partial charge in [0.2, 0.25) is 0 Å². The fraction of sp³-hybridized carbons (Fsp3) is 0.600. The number of nitrogens with zero attached hydrogens (tertiary/aromatic N) is 2. The third-order valence-electron chi connectivity index (χ3n) is 2.59. The molecule has 5 heteroatoms. The topological polar surface area (TPSA) is 81.1 Å². The summed E-state index contributed by atoms with van der Waals surface area (Å²) in [7, 11) is 0. The number of carbonyl (C=O) groups is 1. The van der Waals surface area contributed by atoms with Crippen LogP contribution < -0.4 is 5.73 Å². The quantitative estimate of drug-likeness (QED) is 0.775. The lowest BCUT2D eigenvalue weighted by Crippen LogP contribution is -2.10. The van der Waals surface area contributed by atoms with Crippen LogP contribution >= 0.6 is 0 Å². The van der Waals surface area contributed by atoms with E-state index < -0.39 is 5.97 Å². The van der Waals surface area contributed by atoms with Crippen molar-refractivity contribution in [2.24, 2.45) is 5.92 Å². The van der Waals surface area contributed by atoms with E-state index in [1.807, 2.05) is 0 Å². The Morgan fingerprint density at radius 3 is 2.60 bits per heavy atom. The molecule has 0 amide bonds. The molecule has 1 heterocycles. The molecule has 5 nitrogen and oxygen atoms in total. The summed E-state index contributed by atoms with van der Waals surface area (Å²) in [6.45, 7) is 4.95. The minimum atomic E-state index is -1.07. The van der Waals surface area contributed by atoms with Gasteiger partial charge in [-0.15, -0.1) is 0 Å². The zero-order valence-corrected chi connectivity index (χ0v) is 9.10. The van der Waals surface area contributed by atoms with Crippen LogP contribution in [-0.2, 0) is 6.54 Å². The number of hydrogen-bond donors (Lipinski definition) is 2. The number of nitrogens with two attached hydrogens (primary N) is 1. The van der Waals surface area contributed by atoms with Crippen molar-refractivity contribution in [3.8, 4) is 0 Å². The van der Waals surface area contributed by atoms with Crippen LogP contribution in [0.1, 0.15) is 37.2 Å². The molecule has 0 aliphatic rings. The summed E-state index contributed by atoms with van der Waals surface area (Å²) >= 11 is 0. The molecule has 15 heavy (non-hydrogen) atoms. The first-order chi connectivity index (χ1) is 7.08. The molecule has 0 bridgehead atoms. The number of rotatable bonds is 5. The highest BCUT2D eigenvalue weighted by Crippen LogP contribution is 2.14. The summed E-state index contributed by atoms with van der Waals surface area (Å²) < 4.78 is 1.62. The highest BCUT2D eigenvalue weighted by molar-refractivity contribution is 5.91. The zero-order chi connectivity index (χ0) is 11.4. The van der Waals surface area contributed by atoms with Gasteiger partial charge in [0.05, 0.1) is 5.69 Å². The minimum Gasteiger partial charge on any atom is -0.476 e. The van der Waals surface area contributed by atoms with E-state index in [1.54, 1.807) is 10.9 Å². The molecule has 0 aromatic carbocycles. The maximum atomic E-state index is 10.7. The molecule has 1 aromatic heterocycles. The molecule has 0 spiro atoms. The maximum Gasteiger partial charge on any atom is 0.358 e. The van der Waals surface area contributed by atoms with Crippen molar-refractivity contribution in [2.75, 3.05) is 5.73 Å². The van der Waals surface area contributed by atoms with Crippen LogP contribution in [0.3, 0.4) is 0 Å². The monoisotopic (exact) mass is 211 g/mol. The van der Waals surface area contributed by atoms with Crippen molar-refractivity contribution in [1.82, 2.24) is 9.78 Å². The van der Waals surface area contributed by atoms with E-state index in [0.717, 1.165) is 19.4 Å². The van der Waals surface area contributed by atoms with Crippen LogP contribution in [0, 0.1) is 5.92 Å². The summed E-state index contributed by atoms with van der Waals surface area (Å²) in [5.41, 5.74) is 5.71. The average Bonchev–Trinajstić information content (AvgIpc) is 2.56. The smallest absolute Gasteiger partial charge is 0.358 e. The normalized spacial score (nSPS) is 10.9. The molecule has 84 valence electrons. The molecular formula is C10H17N3O2. The van der Waals surface area contributed by atoms with E-state index >= 15 is 0 Å². The van der Waals surface area contributed by atoms with Crippen LogP contribution in [0.25, 0.3) is 0 Å². The van der Waals surface area contributed by atoms with Crippen molar-refractivity contribution in [2.45, 2.75) is 33.2 Å². The predicted molar refractivity (Wildman–Crippen MR) is 57.7 cm³/mol. The van der Waals surface area contributed by atoms with E-state index in [0.29, 0.717) is 5.92 Å². The summed E-state index contributed by atoms with van der Waals surface area (Å²) in [5.74, 6) is -0.554. The molecule has 1 rings (SSSR count). The molecule has 1 aromatic rings. The number of carboxylic acids is 1. The third-order valence-corrected chi connectivity index (χ3v) is 2.59. The number of anilines is 1. The third kappa shape index (κ3) is 2.71. The lowest BCUT2D eigenvalue weighted by atomic mass is 10.0. The number of nitrogen functional groups attached to an aromatic ring is 1. The van der Waals surface area contributed by atoms with Crippen LogP contribution in [0.15, 0.2) is 6.20 Å². The Morgan fingerprint density at radius 1 is 1.60 bits per heavy atom. The molecule has 0 fully saturated rings. The van der Waals surface area contributed by atoms with Gasteiger partial charge in [-0.1, -0.05) is 26.7 Å². The van der Waals surface area contributed by atoms with E-state index in [-0.39, 0.29) is 11.4 Å². The van der Waals surface area contributed by atoms with Gasteiger partial charge in [-0.05, 0) is 5.92 Å². The fourth-order valence-electron chi connectivity index (χ4n) is 1.51. The molecule has 0 atom stereocenters. The standard InChI is InChI=1S/C10H17N3O2/c1-3-7(4-2)5-13-6-8(11)9(12-13)10(14)15/h6-7H,3-5,11H2,1-2H3,(H,14,15). The maximum absolute atomic E-state index is 10.7. The molecule has 0 aliphatic heterocycles. The van der Waals surface area contributed by atoms with Gasteiger partial charge < -0.3 is 10.8 Å². The minimum absolute atomic E-state index is 0.0547. The van der Waals surface area contributed by atoms with Gasteiger partial charge >= 0.3 is 5.97 Å². The van der Waals surface area contributed by atoms with E-state index in [2.05, 4.69) is 18.9 Å². The molecule has 0 aliphatic carbocycles. The molecular weight excluding hydrogens is 194 g/mol. The first-order valence-corrected chi connectivity index (χ1v) is 5.14. The SMILES string of the molecule is CCC(CC)Cn1cc(N)c(C(=O)O)n1. The second-order valence-corrected chi connectivity index (χ2v) is 3.64. The van der Waals surface area contributed by atoms with Crippen LogP contribution in [0.4, 0.5) is 5.69 Å². The van der Waals surface area contributed by atoms with Crippen molar-refractivity contribution in [1.29, 1.82) is 0 Å². The van der Waals surface area contributed by atoms with Gasteiger partial charge in [-0.3, -0.25) is 4.68 Å². The van der Waals surface area contributed by atoms with Gasteiger partial charge in [-0.2, -0.15) is 5.10 Å². The highest BCUT2D eigenvalue weighted by Gasteiger charge is 2.14. The number of aromatic nitrogens is 2. The van der Waals surface area contributed by atoms with Crippen LogP contribution in [0.2, 0.25) is 0 Å². The van der Waals surface area contributed by atoms with Gasteiger partial charge in [0, 0.05) is 12.7 Å². The number of hydrogen-bond acceptors (Lipinski definition) is 3. The lowest BCUT2D eigenvalue weighted by molar-refractivity contribution is 0.0690. The van der Waals surface area contributed by atoms with Crippen LogP contribution in [-0.4, -0.2) is 20.9 Å². The lowest BCUT2D eigenvalue weighted by Gasteiger charge is -2.11. The van der Waals surface area contributed by atoms with E-state index in [1.165, 1.54) is 0 Å². The fourth-order valence-corrected chi connectivity index (χ4v) is 1.51. The molecule has 0 saturated carbocycles. The molecule has 3 N–H and O–H groups in total. The predicted octanol–water partition coefficient (Wildman–Crippen LogP) is 1.60. The summed E-state index contributed by atoms with van der Waals surface area (Å²) in [5, 5.41) is 12.7. The Kier molecular flexibility index (Phi) is 3.71. The summed E-state index contributed by atoms with van der Waals surface area (Å²) in [4.78, 5) is 10.7. The molecule has 0 unspecified atom stereocenters. The first-order valence-electron chi connectivity index (χ1n) is 5.14. The van der Waals surface area contributed by atoms with E-state index in [9.17, 15) is 4.79 Å². The average molecular weight is 211 g/mol. The van der Waals surface area contributed by atoms with Crippen molar-refractivity contribution in [3.05, 3.63) is 11.9 Å². The second-order valence-electron chi connectivity index (χ2n) is 3.64. The van der Waals surface area contributed by atoms with Crippen molar-refractivity contribution in [3.63, 3.8) is 0 Å². The largest absolute Gasteiger partial charge is 0.476 e. The van der Waals surface area contributed by atoms with E-state index in [4.69, 9.17) is 10.8 Å². The summed E-state index contributed by atoms with van der Waals surface area (Å²) in [6, 6.07) is 0. The van der Waals surface area contributed by atoms with Crippen molar-refractivity contribution >= 4 is 11.7 Å². The Morgan fingerprint density at radius 2 is 2.20 bits per heavy atom. The van der Waals surface area contributed by atoms with Crippen LogP contribution in [0.5, 0.6) is 0 Å². The Bertz CT molecular complexity index is 342. The van der Waals surface area contributed by atoms with Gasteiger partial charge in [0.1, 0.15) is 0 Å². The first kappa shape index (κ1) is 11.6. The van der Waals surface area contributed by atoms with Gasteiger partial charge in [-0.25, -0.2) is 4.79 Å². The number of aromatic carboxylic acids is 1. The number of carboxylic acid groups (broad SMARTS) is 1. The Labute approximate surface area is 88.9 Å². The second kappa shape index (κ2) is 4.82. The van der Waals surface area contributed by atoms with Crippen molar-refractivity contribution < 1.29 is 9.90 Å². The summed E-state index contributed by atoms with van der Waals surface area (Å²) in [6.07, 6.45) is 3.69. The molecule has 0 saturated heterocycles. The zero-order valence-electron chi connectivity index (χ0n) is 9.10. The van der Waals surface area contributed by atoms with Gasteiger partial charge in [0.15, 0.2) is 5.69 Å². The van der Waals surface area contributed by atoms with Gasteiger partial charge in [0.25, 0.3) is 0 Å². The Hall–Kier alpha value is -1.52. The Balaban J connectivity index is 2.79.